The zero-order valence-electron chi connectivity index (χ0n) is 19.6. The van der Waals surface area contributed by atoms with Gasteiger partial charge in [0.05, 0.1) is 0 Å². The standard InChI is InChI=1S/C25H28F2N6S/c1-25(2,3)29-22-21(18-5-4-6-20(27)15-18)28-23-33(22)30-24(34-23)32-13-11-31(12-14-32)16-17-7-9-19(26)10-8-17/h4-10,15,29H,11-14,16H2,1-3H3. The molecule has 9 heteroatoms. The molecule has 3 heterocycles. The van der Waals surface area contributed by atoms with E-state index in [0.29, 0.717) is 5.69 Å². The summed E-state index contributed by atoms with van der Waals surface area (Å²) in [7, 11) is 0. The Morgan fingerprint density at radius 3 is 2.38 bits per heavy atom. The fraction of sp³-hybridized carbons (Fsp3) is 0.360. The van der Waals surface area contributed by atoms with Crippen molar-refractivity contribution in [1.82, 2.24) is 19.5 Å². The lowest BCUT2D eigenvalue weighted by Gasteiger charge is -2.34. The lowest BCUT2D eigenvalue weighted by Crippen LogP contribution is -2.46. The normalized spacial score (nSPS) is 15.3. The quantitative estimate of drug-likeness (QED) is 0.420. The first-order valence-electron chi connectivity index (χ1n) is 11.4. The number of anilines is 2. The molecule has 4 aromatic rings. The molecule has 0 spiro atoms. The minimum atomic E-state index is -0.289. The SMILES string of the molecule is CC(C)(C)Nc1c(-c2cccc(F)c2)nc2sc(N3CCN(Cc4ccc(F)cc4)CC3)nn12. The Morgan fingerprint density at radius 2 is 1.71 bits per heavy atom. The van der Waals surface area contributed by atoms with E-state index in [9.17, 15) is 8.78 Å². The molecule has 1 fully saturated rings. The van der Waals surface area contributed by atoms with Gasteiger partial charge in [0.15, 0.2) is 5.82 Å². The molecular formula is C25H28F2N6S. The van der Waals surface area contributed by atoms with Crippen LogP contribution in [0.1, 0.15) is 26.3 Å². The van der Waals surface area contributed by atoms with Gasteiger partial charge in [0.1, 0.15) is 17.3 Å². The second-order valence-electron chi connectivity index (χ2n) is 9.66. The lowest BCUT2D eigenvalue weighted by molar-refractivity contribution is 0.249. The molecule has 34 heavy (non-hydrogen) atoms. The second-order valence-corrected chi connectivity index (χ2v) is 10.6. The number of nitrogens with one attached hydrogen (secondary N) is 1. The summed E-state index contributed by atoms with van der Waals surface area (Å²) in [4.78, 5) is 10.2. The van der Waals surface area contributed by atoms with Gasteiger partial charge in [-0.25, -0.2) is 13.8 Å². The predicted molar refractivity (Wildman–Crippen MR) is 134 cm³/mol. The third kappa shape index (κ3) is 4.90. The van der Waals surface area contributed by atoms with Gasteiger partial charge < -0.3 is 10.2 Å². The Labute approximate surface area is 201 Å². The van der Waals surface area contributed by atoms with Crippen LogP contribution in [0.3, 0.4) is 0 Å². The molecule has 1 N–H and O–H groups in total. The highest BCUT2D eigenvalue weighted by atomic mass is 32.1. The van der Waals surface area contributed by atoms with Gasteiger partial charge in [0, 0.05) is 43.8 Å². The zero-order valence-corrected chi connectivity index (χ0v) is 20.4. The Balaban J connectivity index is 1.36. The van der Waals surface area contributed by atoms with Crippen molar-refractivity contribution in [2.75, 3.05) is 36.4 Å². The van der Waals surface area contributed by atoms with Gasteiger partial charge in [0.2, 0.25) is 10.1 Å². The van der Waals surface area contributed by atoms with Gasteiger partial charge in [-0.05, 0) is 50.6 Å². The number of aromatic nitrogens is 3. The van der Waals surface area contributed by atoms with Crippen molar-refractivity contribution in [3.8, 4) is 11.3 Å². The van der Waals surface area contributed by atoms with Crippen molar-refractivity contribution in [2.45, 2.75) is 32.9 Å². The van der Waals surface area contributed by atoms with Crippen LogP contribution in [0.2, 0.25) is 0 Å². The van der Waals surface area contributed by atoms with E-state index in [4.69, 9.17) is 10.1 Å². The van der Waals surface area contributed by atoms with Crippen molar-refractivity contribution in [3.05, 3.63) is 65.7 Å². The first-order valence-corrected chi connectivity index (χ1v) is 12.2. The van der Waals surface area contributed by atoms with Gasteiger partial charge in [-0.15, -0.1) is 5.10 Å². The third-order valence-electron chi connectivity index (χ3n) is 5.75. The molecule has 6 nitrogen and oxygen atoms in total. The number of piperazine rings is 1. The molecule has 0 saturated carbocycles. The number of hydrogen-bond acceptors (Lipinski definition) is 6. The van der Waals surface area contributed by atoms with Gasteiger partial charge in [-0.1, -0.05) is 35.6 Å². The average molecular weight is 483 g/mol. The highest BCUT2D eigenvalue weighted by Crippen LogP contribution is 2.35. The summed E-state index contributed by atoms with van der Waals surface area (Å²) in [6, 6.07) is 13.2. The molecule has 1 aliphatic heterocycles. The minimum Gasteiger partial charge on any atom is -0.364 e. The van der Waals surface area contributed by atoms with Crippen LogP contribution in [0, 0.1) is 11.6 Å². The van der Waals surface area contributed by atoms with E-state index in [1.807, 2.05) is 22.7 Å². The molecule has 0 aliphatic carbocycles. The van der Waals surface area contributed by atoms with E-state index in [-0.39, 0.29) is 17.2 Å². The van der Waals surface area contributed by atoms with Crippen LogP contribution in [0.15, 0.2) is 48.5 Å². The van der Waals surface area contributed by atoms with E-state index in [0.717, 1.165) is 59.8 Å². The summed E-state index contributed by atoms with van der Waals surface area (Å²) >= 11 is 1.54. The fourth-order valence-electron chi connectivity index (χ4n) is 4.12. The molecule has 0 radical (unpaired) electrons. The largest absolute Gasteiger partial charge is 0.364 e. The average Bonchev–Trinajstić information content (AvgIpc) is 3.34. The minimum absolute atomic E-state index is 0.205. The molecular weight excluding hydrogens is 454 g/mol. The topological polar surface area (TPSA) is 48.7 Å². The molecule has 0 amide bonds. The molecule has 1 saturated heterocycles. The number of nitrogens with zero attached hydrogens (tertiary/aromatic N) is 5. The fourth-order valence-corrected chi connectivity index (χ4v) is 5.07. The smallest absolute Gasteiger partial charge is 0.216 e. The van der Waals surface area contributed by atoms with E-state index in [2.05, 4.69) is 35.9 Å². The summed E-state index contributed by atoms with van der Waals surface area (Å²) in [6.07, 6.45) is 0. The second kappa shape index (κ2) is 8.96. The number of hydrogen-bond donors (Lipinski definition) is 1. The maximum atomic E-state index is 13.9. The number of fused-ring (bicyclic) bond motifs is 1. The van der Waals surface area contributed by atoms with Crippen molar-refractivity contribution in [3.63, 3.8) is 0 Å². The van der Waals surface area contributed by atoms with E-state index in [1.165, 1.54) is 24.3 Å². The van der Waals surface area contributed by atoms with Crippen LogP contribution in [0.25, 0.3) is 16.2 Å². The Morgan fingerprint density at radius 1 is 0.971 bits per heavy atom. The monoisotopic (exact) mass is 482 g/mol. The summed E-state index contributed by atoms with van der Waals surface area (Å²) in [5.74, 6) is 0.275. The molecule has 0 atom stereocenters. The van der Waals surface area contributed by atoms with Crippen LogP contribution in [0.5, 0.6) is 0 Å². The number of halogens is 2. The summed E-state index contributed by atoms with van der Waals surface area (Å²) < 4.78 is 28.9. The summed E-state index contributed by atoms with van der Waals surface area (Å²) in [6.45, 7) is 10.6. The van der Waals surface area contributed by atoms with Crippen LogP contribution >= 0.6 is 11.3 Å². The Kier molecular flexibility index (Phi) is 5.99. The first kappa shape index (κ1) is 22.7. The molecule has 178 valence electrons. The van der Waals surface area contributed by atoms with Crippen molar-refractivity contribution in [1.29, 1.82) is 0 Å². The Bertz CT molecular complexity index is 1280. The van der Waals surface area contributed by atoms with Crippen LogP contribution in [-0.2, 0) is 6.54 Å². The third-order valence-corrected chi connectivity index (χ3v) is 6.72. The first-order chi connectivity index (χ1) is 16.2. The van der Waals surface area contributed by atoms with Gasteiger partial charge in [-0.3, -0.25) is 4.90 Å². The highest BCUT2D eigenvalue weighted by molar-refractivity contribution is 7.20. The molecule has 1 aliphatic rings. The van der Waals surface area contributed by atoms with E-state index >= 15 is 0 Å². The van der Waals surface area contributed by atoms with Crippen LogP contribution in [0.4, 0.5) is 19.7 Å². The van der Waals surface area contributed by atoms with E-state index < -0.39 is 0 Å². The van der Waals surface area contributed by atoms with Gasteiger partial charge in [-0.2, -0.15) is 4.52 Å². The molecule has 0 unspecified atom stereocenters. The van der Waals surface area contributed by atoms with Crippen LogP contribution < -0.4 is 10.2 Å². The van der Waals surface area contributed by atoms with Crippen LogP contribution in [-0.4, -0.2) is 51.2 Å². The van der Waals surface area contributed by atoms with Gasteiger partial charge >= 0.3 is 0 Å². The summed E-state index contributed by atoms with van der Waals surface area (Å²) in [5, 5.41) is 9.33. The zero-order chi connectivity index (χ0) is 23.9. The number of benzene rings is 2. The maximum absolute atomic E-state index is 13.9. The Hall–Kier alpha value is -3.04. The predicted octanol–water partition coefficient (Wildman–Crippen LogP) is 5.27. The van der Waals surface area contributed by atoms with Crippen molar-refractivity contribution in [2.24, 2.45) is 0 Å². The maximum Gasteiger partial charge on any atom is 0.216 e. The van der Waals surface area contributed by atoms with E-state index in [1.54, 1.807) is 17.4 Å². The number of imidazole rings is 1. The summed E-state index contributed by atoms with van der Waals surface area (Å²) in [5.41, 5.74) is 2.32. The van der Waals surface area contributed by atoms with Crippen molar-refractivity contribution >= 4 is 27.2 Å². The van der Waals surface area contributed by atoms with Gasteiger partial charge in [0.25, 0.3) is 0 Å². The lowest BCUT2D eigenvalue weighted by atomic mass is 10.1. The highest BCUT2D eigenvalue weighted by Gasteiger charge is 2.25. The molecule has 2 aromatic carbocycles. The molecule has 0 bridgehead atoms. The molecule has 5 rings (SSSR count). The molecule has 2 aromatic heterocycles. The number of rotatable bonds is 5. The van der Waals surface area contributed by atoms with Crippen molar-refractivity contribution < 1.29 is 8.78 Å².